The van der Waals surface area contributed by atoms with Crippen molar-refractivity contribution in [1.82, 2.24) is 15.5 Å². The summed E-state index contributed by atoms with van der Waals surface area (Å²) in [6.45, 7) is 0.782. The smallest absolute Gasteiger partial charge is 0.303 e. The number of benzene rings is 2. The minimum atomic E-state index is -0.826. The molecule has 1 amide bonds. The van der Waals surface area contributed by atoms with E-state index in [1.165, 1.54) is 0 Å². The number of aromatic nitrogens is 2. The van der Waals surface area contributed by atoms with Gasteiger partial charge in [0.15, 0.2) is 0 Å². The molecule has 7 nitrogen and oxygen atoms in total. The predicted octanol–water partition coefficient (Wildman–Crippen LogP) is 2.67. The molecule has 1 heterocycles. The van der Waals surface area contributed by atoms with Crippen LogP contribution in [0.25, 0.3) is 10.9 Å². The molecule has 0 aliphatic rings. The number of carbonyl (C=O) groups excluding carboxylic acids is 1. The van der Waals surface area contributed by atoms with Gasteiger partial charge in [-0.25, -0.2) is 0 Å². The Labute approximate surface area is 156 Å². The van der Waals surface area contributed by atoms with Gasteiger partial charge < -0.3 is 15.2 Å². The Bertz CT molecular complexity index is 918. The molecule has 0 unspecified atom stereocenters. The van der Waals surface area contributed by atoms with Crippen molar-refractivity contribution in [3.8, 4) is 5.75 Å². The predicted molar refractivity (Wildman–Crippen MR) is 100 cm³/mol. The molecule has 7 heteroatoms. The Balaban J connectivity index is 1.45. The average molecular weight is 367 g/mol. The monoisotopic (exact) mass is 367 g/mol. The second kappa shape index (κ2) is 8.84. The minimum absolute atomic E-state index is 0.0848. The maximum absolute atomic E-state index is 12.2. The lowest BCUT2D eigenvalue weighted by atomic mass is 10.1. The number of H-pyrrole nitrogens is 1. The third-order valence-electron chi connectivity index (χ3n) is 4.09. The number of hydrogen-bond donors (Lipinski definition) is 3. The van der Waals surface area contributed by atoms with Crippen LogP contribution in [0.15, 0.2) is 48.5 Å². The van der Waals surface area contributed by atoms with Crippen LogP contribution in [0.3, 0.4) is 0 Å². The first kappa shape index (κ1) is 18.4. The zero-order chi connectivity index (χ0) is 19.1. The van der Waals surface area contributed by atoms with Crippen LogP contribution in [-0.2, 0) is 22.6 Å². The van der Waals surface area contributed by atoms with Crippen molar-refractivity contribution in [3.63, 3.8) is 0 Å². The van der Waals surface area contributed by atoms with Crippen LogP contribution in [-0.4, -0.2) is 33.8 Å². The van der Waals surface area contributed by atoms with E-state index in [1.807, 2.05) is 48.5 Å². The molecule has 140 valence electrons. The Hall–Kier alpha value is -3.35. The molecule has 27 heavy (non-hydrogen) atoms. The quantitative estimate of drug-likeness (QED) is 0.504. The van der Waals surface area contributed by atoms with Gasteiger partial charge in [0.1, 0.15) is 5.75 Å². The Morgan fingerprint density at radius 3 is 2.67 bits per heavy atom. The number of carboxylic acids is 1. The first-order valence-corrected chi connectivity index (χ1v) is 8.74. The van der Waals surface area contributed by atoms with Gasteiger partial charge in [0.2, 0.25) is 5.91 Å². The molecule has 2 aromatic carbocycles. The number of fused-ring (bicyclic) bond motifs is 1. The lowest BCUT2D eigenvalue weighted by Crippen LogP contribution is -2.24. The molecular weight excluding hydrogens is 346 g/mol. The molecule has 0 bridgehead atoms. The summed E-state index contributed by atoms with van der Waals surface area (Å²) < 4.78 is 5.49. The standard InChI is InChI=1S/C20H21N3O4/c24-19(12-18-16-4-1-2-5-17(16)22-23-18)21-13-14-7-9-15(10-8-14)27-11-3-6-20(25)26/h1-2,4-5,7-10H,3,6,11-13H2,(H,21,24)(H,22,23)(H,25,26). The van der Waals surface area contributed by atoms with Crippen molar-refractivity contribution in [2.24, 2.45) is 0 Å². The van der Waals surface area contributed by atoms with E-state index in [0.717, 1.165) is 22.2 Å². The Morgan fingerprint density at radius 1 is 1.11 bits per heavy atom. The molecule has 0 spiro atoms. The second-order valence-corrected chi connectivity index (χ2v) is 6.16. The Kier molecular flexibility index (Phi) is 6.04. The number of ether oxygens (including phenoxy) is 1. The molecule has 0 fully saturated rings. The molecule has 0 saturated carbocycles. The number of nitrogens with zero attached hydrogens (tertiary/aromatic N) is 1. The van der Waals surface area contributed by atoms with Gasteiger partial charge in [-0.1, -0.05) is 30.3 Å². The molecule has 3 aromatic rings. The van der Waals surface area contributed by atoms with E-state index in [9.17, 15) is 9.59 Å². The molecule has 3 N–H and O–H groups in total. The summed E-state index contributed by atoms with van der Waals surface area (Å²) in [5.41, 5.74) is 2.60. The van der Waals surface area contributed by atoms with Crippen LogP contribution in [0.5, 0.6) is 5.75 Å². The number of rotatable bonds is 9. The highest BCUT2D eigenvalue weighted by Crippen LogP contribution is 2.16. The van der Waals surface area contributed by atoms with Crippen LogP contribution in [0.2, 0.25) is 0 Å². The molecule has 0 aliphatic heterocycles. The van der Waals surface area contributed by atoms with Gasteiger partial charge in [-0.2, -0.15) is 5.10 Å². The van der Waals surface area contributed by atoms with E-state index in [0.29, 0.717) is 25.3 Å². The maximum Gasteiger partial charge on any atom is 0.303 e. The van der Waals surface area contributed by atoms with Crippen molar-refractivity contribution in [2.75, 3.05) is 6.61 Å². The zero-order valence-corrected chi connectivity index (χ0v) is 14.8. The fraction of sp³-hybridized carbons (Fsp3) is 0.250. The average Bonchev–Trinajstić information content (AvgIpc) is 3.07. The minimum Gasteiger partial charge on any atom is -0.494 e. The molecule has 0 radical (unpaired) electrons. The second-order valence-electron chi connectivity index (χ2n) is 6.16. The molecule has 0 aliphatic carbocycles. The number of carboxylic acid groups (broad SMARTS) is 1. The van der Waals surface area contributed by atoms with Crippen molar-refractivity contribution in [3.05, 3.63) is 59.8 Å². The fourth-order valence-electron chi connectivity index (χ4n) is 2.69. The summed E-state index contributed by atoms with van der Waals surface area (Å²) >= 11 is 0. The number of amides is 1. The van der Waals surface area contributed by atoms with Gasteiger partial charge >= 0.3 is 5.97 Å². The zero-order valence-electron chi connectivity index (χ0n) is 14.8. The van der Waals surface area contributed by atoms with Crippen LogP contribution in [0, 0.1) is 0 Å². The van der Waals surface area contributed by atoms with Crippen molar-refractivity contribution in [1.29, 1.82) is 0 Å². The molecule has 3 rings (SSSR count). The number of aromatic amines is 1. The molecule has 1 aromatic heterocycles. The largest absolute Gasteiger partial charge is 0.494 e. The lowest BCUT2D eigenvalue weighted by molar-refractivity contribution is -0.137. The van der Waals surface area contributed by atoms with Gasteiger partial charge in [-0.3, -0.25) is 14.7 Å². The van der Waals surface area contributed by atoms with Gasteiger partial charge in [-0.15, -0.1) is 0 Å². The Morgan fingerprint density at radius 2 is 1.89 bits per heavy atom. The molecule has 0 saturated heterocycles. The number of hydrogen-bond acceptors (Lipinski definition) is 4. The highest BCUT2D eigenvalue weighted by atomic mass is 16.5. The molecule has 0 atom stereocenters. The van der Waals surface area contributed by atoms with Crippen LogP contribution >= 0.6 is 0 Å². The summed E-state index contributed by atoms with van der Waals surface area (Å²) in [6, 6.07) is 15.0. The SMILES string of the molecule is O=C(O)CCCOc1ccc(CNC(=O)Cc2[nH]nc3ccccc23)cc1. The van der Waals surface area contributed by atoms with Gasteiger partial charge in [0.25, 0.3) is 0 Å². The van der Waals surface area contributed by atoms with Crippen LogP contribution in [0.4, 0.5) is 0 Å². The van der Waals surface area contributed by atoms with Gasteiger partial charge in [0, 0.05) is 18.4 Å². The summed E-state index contributed by atoms with van der Waals surface area (Å²) in [6.07, 6.45) is 0.802. The van der Waals surface area contributed by atoms with E-state index >= 15 is 0 Å². The van der Waals surface area contributed by atoms with Crippen molar-refractivity contribution < 1.29 is 19.4 Å². The third-order valence-corrected chi connectivity index (χ3v) is 4.09. The summed E-state index contributed by atoms with van der Waals surface area (Å²) in [7, 11) is 0. The topological polar surface area (TPSA) is 104 Å². The summed E-state index contributed by atoms with van der Waals surface area (Å²) in [4.78, 5) is 22.6. The number of para-hydroxylation sites is 1. The number of aliphatic carboxylic acids is 1. The highest BCUT2D eigenvalue weighted by molar-refractivity contribution is 5.87. The normalized spacial score (nSPS) is 10.7. The summed E-state index contributed by atoms with van der Waals surface area (Å²) in [5, 5.41) is 19.5. The van der Waals surface area contributed by atoms with Gasteiger partial charge in [0.05, 0.1) is 24.2 Å². The molecular formula is C20H21N3O4. The number of carbonyl (C=O) groups is 2. The highest BCUT2D eigenvalue weighted by Gasteiger charge is 2.09. The third kappa shape index (κ3) is 5.31. The summed E-state index contributed by atoms with van der Waals surface area (Å²) in [5.74, 6) is -0.231. The van der Waals surface area contributed by atoms with E-state index < -0.39 is 5.97 Å². The number of nitrogens with one attached hydrogen (secondary N) is 2. The van der Waals surface area contributed by atoms with E-state index in [1.54, 1.807) is 0 Å². The van der Waals surface area contributed by atoms with Crippen LogP contribution < -0.4 is 10.1 Å². The van der Waals surface area contributed by atoms with Crippen molar-refractivity contribution >= 4 is 22.8 Å². The van der Waals surface area contributed by atoms with Gasteiger partial charge in [-0.05, 0) is 30.2 Å². The maximum atomic E-state index is 12.2. The lowest BCUT2D eigenvalue weighted by Gasteiger charge is -2.08. The van der Waals surface area contributed by atoms with Crippen molar-refractivity contribution in [2.45, 2.75) is 25.8 Å². The van der Waals surface area contributed by atoms with E-state index in [2.05, 4.69) is 15.5 Å². The van der Waals surface area contributed by atoms with E-state index in [4.69, 9.17) is 9.84 Å². The van der Waals surface area contributed by atoms with E-state index in [-0.39, 0.29) is 18.7 Å². The van der Waals surface area contributed by atoms with Crippen LogP contribution in [0.1, 0.15) is 24.1 Å². The first-order chi connectivity index (χ1) is 13.1. The first-order valence-electron chi connectivity index (χ1n) is 8.74. The fourth-order valence-corrected chi connectivity index (χ4v) is 2.69.